The summed E-state index contributed by atoms with van der Waals surface area (Å²) in [6.07, 6.45) is 5.81. The van der Waals surface area contributed by atoms with E-state index in [0.29, 0.717) is 12.3 Å². The molecule has 0 radical (unpaired) electrons. The number of amides is 1. The first-order chi connectivity index (χ1) is 6.77. The zero-order valence-corrected chi connectivity index (χ0v) is 8.96. The largest absolute Gasteiger partial charge is 0.396 e. The molecule has 0 aromatic rings. The van der Waals surface area contributed by atoms with E-state index in [1.807, 2.05) is 6.92 Å². The Hall–Kier alpha value is -0.570. The average molecular weight is 199 g/mol. The van der Waals surface area contributed by atoms with Gasteiger partial charge in [-0.3, -0.25) is 4.79 Å². The summed E-state index contributed by atoms with van der Waals surface area (Å²) in [7, 11) is 0. The van der Waals surface area contributed by atoms with Crippen LogP contribution in [0.5, 0.6) is 0 Å². The lowest BCUT2D eigenvalue weighted by molar-refractivity contribution is -0.126. The fourth-order valence-electron chi connectivity index (χ4n) is 2.00. The molecule has 3 nitrogen and oxygen atoms in total. The van der Waals surface area contributed by atoms with Gasteiger partial charge in [0.2, 0.25) is 5.91 Å². The molecular formula is C11H21NO2. The van der Waals surface area contributed by atoms with E-state index in [1.165, 1.54) is 25.7 Å². The second-order valence-electron chi connectivity index (χ2n) is 4.18. The van der Waals surface area contributed by atoms with E-state index >= 15 is 0 Å². The van der Waals surface area contributed by atoms with Crippen LogP contribution < -0.4 is 5.32 Å². The van der Waals surface area contributed by atoms with Crippen LogP contribution in [0.15, 0.2) is 0 Å². The minimum Gasteiger partial charge on any atom is -0.396 e. The van der Waals surface area contributed by atoms with E-state index in [4.69, 9.17) is 5.11 Å². The molecule has 0 bridgehead atoms. The van der Waals surface area contributed by atoms with Crippen molar-refractivity contribution in [3.63, 3.8) is 0 Å². The first-order valence-electron chi connectivity index (χ1n) is 5.66. The van der Waals surface area contributed by atoms with E-state index in [-0.39, 0.29) is 18.4 Å². The van der Waals surface area contributed by atoms with Gasteiger partial charge in [0.05, 0.1) is 12.5 Å². The third-order valence-electron chi connectivity index (χ3n) is 3.12. The third kappa shape index (κ3) is 3.29. The van der Waals surface area contributed by atoms with E-state index in [2.05, 4.69) is 5.32 Å². The van der Waals surface area contributed by atoms with Crippen molar-refractivity contribution >= 4 is 5.91 Å². The highest BCUT2D eigenvalue weighted by atomic mass is 16.3. The zero-order chi connectivity index (χ0) is 10.4. The average Bonchev–Trinajstić information content (AvgIpc) is 2.69. The van der Waals surface area contributed by atoms with Crippen LogP contribution in [0.3, 0.4) is 0 Å². The van der Waals surface area contributed by atoms with Gasteiger partial charge in [-0.15, -0.1) is 0 Å². The standard InChI is InChI=1S/C11H21NO2/c1-2-10(8-13)11(14)12-7-9-5-3-4-6-9/h9-10,13H,2-8H2,1H3,(H,12,14). The second-order valence-corrected chi connectivity index (χ2v) is 4.18. The Morgan fingerprint density at radius 1 is 1.50 bits per heavy atom. The second kappa shape index (κ2) is 6.02. The number of aliphatic hydroxyl groups excluding tert-OH is 1. The molecule has 2 N–H and O–H groups in total. The van der Waals surface area contributed by atoms with E-state index < -0.39 is 0 Å². The molecule has 1 atom stereocenters. The molecule has 0 saturated heterocycles. The van der Waals surface area contributed by atoms with Crippen LogP contribution in [-0.2, 0) is 4.79 Å². The summed E-state index contributed by atoms with van der Waals surface area (Å²) in [5.41, 5.74) is 0. The molecule has 1 amide bonds. The lowest BCUT2D eigenvalue weighted by Crippen LogP contribution is -2.35. The Morgan fingerprint density at radius 2 is 2.14 bits per heavy atom. The summed E-state index contributed by atoms with van der Waals surface area (Å²) in [6.45, 7) is 2.69. The maximum atomic E-state index is 11.5. The Bertz CT molecular complexity index is 172. The molecule has 0 aliphatic heterocycles. The van der Waals surface area contributed by atoms with Crippen molar-refractivity contribution < 1.29 is 9.90 Å². The Balaban J connectivity index is 2.18. The number of carbonyl (C=O) groups excluding carboxylic acids is 1. The number of rotatable bonds is 5. The molecule has 3 heteroatoms. The monoisotopic (exact) mass is 199 g/mol. The number of hydrogen-bond acceptors (Lipinski definition) is 2. The highest BCUT2D eigenvalue weighted by molar-refractivity contribution is 5.78. The third-order valence-corrected chi connectivity index (χ3v) is 3.12. The van der Waals surface area contributed by atoms with Crippen molar-refractivity contribution in [2.24, 2.45) is 11.8 Å². The molecular weight excluding hydrogens is 178 g/mol. The molecule has 1 aliphatic carbocycles. The molecule has 1 unspecified atom stereocenters. The summed E-state index contributed by atoms with van der Waals surface area (Å²) in [4.78, 5) is 11.5. The molecule has 1 aliphatic rings. The molecule has 0 aromatic carbocycles. The van der Waals surface area contributed by atoms with Gasteiger partial charge in [0.1, 0.15) is 0 Å². The lowest BCUT2D eigenvalue weighted by Gasteiger charge is -2.14. The van der Waals surface area contributed by atoms with Crippen molar-refractivity contribution in [1.29, 1.82) is 0 Å². The topological polar surface area (TPSA) is 49.3 Å². The van der Waals surface area contributed by atoms with Crippen molar-refractivity contribution in [3.05, 3.63) is 0 Å². The summed E-state index contributed by atoms with van der Waals surface area (Å²) in [6, 6.07) is 0. The van der Waals surface area contributed by atoms with Crippen LogP contribution in [-0.4, -0.2) is 24.2 Å². The van der Waals surface area contributed by atoms with Gasteiger partial charge in [-0.1, -0.05) is 19.8 Å². The zero-order valence-electron chi connectivity index (χ0n) is 8.96. The van der Waals surface area contributed by atoms with Crippen LogP contribution in [0.4, 0.5) is 0 Å². The van der Waals surface area contributed by atoms with Crippen molar-refractivity contribution in [1.82, 2.24) is 5.32 Å². The van der Waals surface area contributed by atoms with Gasteiger partial charge >= 0.3 is 0 Å². The van der Waals surface area contributed by atoms with Crippen molar-refractivity contribution in [2.45, 2.75) is 39.0 Å². The Morgan fingerprint density at radius 3 is 2.64 bits per heavy atom. The van der Waals surface area contributed by atoms with Crippen LogP contribution in [0.1, 0.15) is 39.0 Å². The van der Waals surface area contributed by atoms with Crippen molar-refractivity contribution in [3.8, 4) is 0 Å². The lowest BCUT2D eigenvalue weighted by atomic mass is 10.1. The molecule has 1 fully saturated rings. The minimum atomic E-state index is -0.212. The first kappa shape index (κ1) is 11.5. The van der Waals surface area contributed by atoms with Gasteiger partial charge < -0.3 is 10.4 Å². The minimum absolute atomic E-state index is 0.0156. The molecule has 82 valence electrons. The SMILES string of the molecule is CCC(CO)C(=O)NCC1CCCC1. The maximum absolute atomic E-state index is 11.5. The van der Waals surface area contributed by atoms with Crippen molar-refractivity contribution in [2.75, 3.05) is 13.2 Å². The Kier molecular flexibility index (Phi) is 4.94. The van der Waals surface area contributed by atoms with E-state index in [0.717, 1.165) is 6.54 Å². The van der Waals surface area contributed by atoms with Gasteiger partial charge in [0, 0.05) is 6.54 Å². The van der Waals surface area contributed by atoms with Gasteiger partial charge in [-0.25, -0.2) is 0 Å². The maximum Gasteiger partial charge on any atom is 0.225 e. The number of nitrogens with one attached hydrogen (secondary N) is 1. The number of aliphatic hydroxyl groups is 1. The smallest absolute Gasteiger partial charge is 0.225 e. The molecule has 0 aromatic heterocycles. The van der Waals surface area contributed by atoms with E-state index in [9.17, 15) is 4.79 Å². The summed E-state index contributed by atoms with van der Waals surface area (Å²) in [5.74, 6) is 0.480. The molecule has 0 heterocycles. The highest BCUT2D eigenvalue weighted by Gasteiger charge is 2.18. The normalized spacial score (nSPS) is 19.6. The summed E-state index contributed by atoms with van der Waals surface area (Å²) >= 11 is 0. The van der Waals surface area contributed by atoms with Gasteiger partial charge in [-0.05, 0) is 25.2 Å². The molecule has 1 saturated carbocycles. The van der Waals surface area contributed by atoms with Gasteiger partial charge in [0.15, 0.2) is 0 Å². The van der Waals surface area contributed by atoms with E-state index in [1.54, 1.807) is 0 Å². The molecule has 1 rings (SSSR count). The van der Waals surface area contributed by atoms with Gasteiger partial charge in [0.25, 0.3) is 0 Å². The molecule has 14 heavy (non-hydrogen) atoms. The number of carbonyl (C=O) groups is 1. The predicted molar refractivity (Wildman–Crippen MR) is 55.8 cm³/mol. The summed E-state index contributed by atoms with van der Waals surface area (Å²) in [5, 5.41) is 11.9. The van der Waals surface area contributed by atoms with Crippen LogP contribution in [0, 0.1) is 11.8 Å². The Labute approximate surface area is 85.9 Å². The fourth-order valence-corrected chi connectivity index (χ4v) is 2.00. The first-order valence-corrected chi connectivity index (χ1v) is 5.66. The van der Waals surface area contributed by atoms with Crippen LogP contribution >= 0.6 is 0 Å². The number of hydrogen-bond donors (Lipinski definition) is 2. The molecule has 0 spiro atoms. The van der Waals surface area contributed by atoms with Gasteiger partial charge in [-0.2, -0.15) is 0 Å². The highest BCUT2D eigenvalue weighted by Crippen LogP contribution is 2.23. The van der Waals surface area contributed by atoms with Crippen LogP contribution in [0.25, 0.3) is 0 Å². The predicted octanol–water partition coefficient (Wildman–Crippen LogP) is 1.31. The quantitative estimate of drug-likeness (QED) is 0.701. The fraction of sp³-hybridized carbons (Fsp3) is 0.909. The van der Waals surface area contributed by atoms with Crippen LogP contribution in [0.2, 0.25) is 0 Å². The summed E-state index contributed by atoms with van der Waals surface area (Å²) < 4.78 is 0.